The van der Waals surface area contributed by atoms with Crippen LogP contribution in [0.25, 0.3) is 11.1 Å². The molecule has 0 fully saturated rings. The second-order valence-corrected chi connectivity index (χ2v) is 7.87. The molecule has 0 aliphatic heterocycles. The number of benzene rings is 2. The lowest BCUT2D eigenvalue weighted by molar-refractivity contribution is -0.118. The number of hydrogen-bond donors (Lipinski definition) is 1. The maximum Gasteiger partial charge on any atom is 0.251 e. The number of amides is 2. The van der Waals surface area contributed by atoms with Crippen molar-refractivity contribution >= 4 is 17.5 Å². The quantitative estimate of drug-likeness (QED) is 0.558. The fourth-order valence-electron chi connectivity index (χ4n) is 3.32. The fourth-order valence-corrected chi connectivity index (χ4v) is 3.32. The van der Waals surface area contributed by atoms with Crippen LogP contribution in [0.5, 0.6) is 0 Å². The van der Waals surface area contributed by atoms with E-state index < -0.39 is 0 Å². The summed E-state index contributed by atoms with van der Waals surface area (Å²) in [5.74, 6) is -0.00777. The van der Waals surface area contributed by atoms with Gasteiger partial charge in [0.2, 0.25) is 5.91 Å². The molecule has 32 heavy (non-hydrogen) atoms. The van der Waals surface area contributed by atoms with Crippen molar-refractivity contribution in [2.45, 2.75) is 19.9 Å². The molecule has 166 valence electrons. The Hall–Kier alpha value is -3.51. The summed E-state index contributed by atoms with van der Waals surface area (Å²) in [5.41, 5.74) is 4.51. The number of aromatic nitrogens is 1. The van der Waals surface area contributed by atoms with Gasteiger partial charge >= 0.3 is 0 Å². The van der Waals surface area contributed by atoms with Crippen LogP contribution in [0.3, 0.4) is 0 Å². The summed E-state index contributed by atoms with van der Waals surface area (Å²) in [5, 5.41) is 2.91. The Labute approximate surface area is 189 Å². The minimum absolute atomic E-state index is 0.112. The van der Waals surface area contributed by atoms with Crippen LogP contribution < -0.4 is 10.2 Å². The molecule has 0 aliphatic carbocycles. The molecule has 1 N–H and O–H groups in total. The zero-order chi connectivity index (χ0) is 22.9. The molecule has 3 rings (SSSR count). The first-order valence-electron chi connectivity index (χ1n) is 10.8. The van der Waals surface area contributed by atoms with Gasteiger partial charge in [-0.15, -0.1) is 0 Å². The Morgan fingerprint density at radius 1 is 0.906 bits per heavy atom. The van der Waals surface area contributed by atoms with Crippen molar-refractivity contribution in [2.24, 2.45) is 0 Å². The van der Waals surface area contributed by atoms with Gasteiger partial charge in [-0.1, -0.05) is 37.3 Å². The van der Waals surface area contributed by atoms with Gasteiger partial charge in [0.25, 0.3) is 5.91 Å². The van der Waals surface area contributed by atoms with Gasteiger partial charge in [0.05, 0.1) is 0 Å². The van der Waals surface area contributed by atoms with E-state index in [1.807, 2.05) is 86.6 Å². The Morgan fingerprint density at radius 2 is 1.56 bits per heavy atom. The first-order valence-corrected chi connectivity index (χ1v) is 10.8. The highest BCUT2D eigenvalue weighted by atomic mass is 16.2. The molecular formula is C26H30N4O2. The zero-order valence-corrected chi connectivity index (χ0v) is 18.9. The van der Waals surface area contributed by atoms with Crippen molar-refractivity contribution in [3.63, 3.8) is 0 Å². The smallest absolute Gasteiger partial charge is 0.251 e. The van der Waals surface area contributed by atoms with Gasteiger partial charge in [0.15, 0.2) is 0 Å². The predicted molar refractivity (Wildman–Crippen MR) is 128 cm³/mol. The predicted octanol–water partition coefficient (Wildman–Crippen LogP) is 3.98. The monoisotopic (exact) mass is 430 g/mol. The van der Waals surface area contributed by atoms with E-state index in [2.05, 4.69) is 15.2 Å². The third kappa shape index (κ3) is 6.25. The SMILES string of the molecule is CCC(=O)N(CCN(C)C)c1ccc(-c2ccc(C(=O)NCc3cccnc3)cc2)cc1. The lowest BCUT2D eigenvalue weighted by Gasteiger charge is -2.24. The van der Waals surface area contributed by atoms with E-state index in [0.717, 1.165) is 28.9 Å². The first kappa shape index (κ1) is 23.2. The van der Waals surface area contributed by atoms with Crippen molar-refractivity contribution in [3.8, 4) is 11.1 Å². The second-order valence-electron chi connectivity index (χ2n) is 7.87. The summed E-state index contributed by atoms with van der Waals surface area (Å²) in [6, 6.07) is 19.3. The van der Waals surface area contributed by atoms with E-state index in [-0.39, 0.29) is 11.8 Å². The molecule has 0 atom stereocenters. The summed E-state index contributed by atoms with van der Waals surface area (Å²) in [7, 11) is 4.00. The zero-order valence-electron chi connectivity index (χ0n) is 18.9. The summed E-state index contributed by atoms with van der Waals surface area (Å²) < 4.78 is 0. The van der Waals surface area contributed by atoms with E-state index in [4.69, 9.17) is 0 Å². The Bertz CT molecular complexity index is 1020. The third-order valence-corrected chi connectivity index (χ3v) is 5.21. The molecule has 0 saturated heterocycles. The van der Waals surface area contributed by atoms with Crippen molar-refractivity contribution in [1.82, 2.24) is 15.2 Å². The highest BCUT2D eigenvalue weighted by Crippen LogP contribution is 2.24. The molecule has 0 spiro atoms. The highest BCUT2D eigenvalue weighted by molar-refractivity contribution is 5.95. The molecular weight excluding hydrogens is 400 g/mol. The van der Waals surface area contributed by atoms with Crippen LogP contribution in [-0.4, -0.2) is 48.9 Å². The van der Waals surface area contributed by atoms with Gasteiger partial charge in [-0.05, 0) is 61.1 Å². The largest absolute Gasteiger partial charge is 0.348 e. The molecule has 0 saturated carbocycles. The average Bonchev–Trinajstić information content (AvgIpc) is 2.83. The fraction of sp³-hybridized carbons (Fsp3) is 0.269. The molecule has 0 bridgehead atoms. The normalized spacial score (nSPS) is 10.8. The van der Waals surface area contributed by atoms with Crippen molar-refractivity contribution in [2.75, 3.05) is 32.1 Å². The van der Waals surface area contributed by atoms with Gasteiger partial charge in [0.1, 0.15) is 0 Å². The molecule has 6 nitrogen and oxygen atoms in total. The van der Waals surface area contributed by atoms with Crippen LogP contribution in [0.1, 0.15) is 29.3 Å². The summed E-state index contributed by atoms with van der Waals surface area (Å²) in [4.78, 5) is 32.8. The molecule has 0 aliphatic rings. The number of likely N-dealkylation sites (N-methyl/N-ethyl adjacent to an activating group) is 1. The standard InChI is InChI=1S/C26H30N4O2/c1-4-25(31)30(17-16-29(2)3)24-13-11-22(12-14-24)21-7-9-23(10-8-21)26(32)28-19-20-6-5-15-27-18-20/h5-15,18H,4,16-17,19H2,1-3H3,(H,28,32). The van der Waals surface area contributed by atoms with Crippen LogP contribution in [0, 0.1) is 0 Å². The van der Waals surface area contributed by atoms with E-state index in [1.54, 1.807) is 12.4 Å². The van der Waals surface area contributed by atoms with Gasteiger partial charge < -0.3 is 15.1 Å². The number of pyridine rings is 1. The summed E-state index contributed by atoms with van der Waals surface area (Å²) in [6.45, 7) is 3.78. The summed E-state index contributed by atoms with van der Waals surface area (Å²) in [6.07, 6.45) is 3.92. The minimum Gasteiger partial charge on any atom is -0.348 e. The van der Waals surface area contributed by atoms with Gasteiger partial charge in [-0.3, -0.25) is 14.6 Å². The topological polar surface area (TPSA) is 65.5 Å². The minimum atomic E-state index is -0.120. The molecule has 0 unspecified atom stereocenters. The molecule has 1 aromatic heterocycles. The number of nitrogens with one attached hydrogen (secondary N) is 1. The Morgan fingerprint density at radius 3 is 2.12 bits per heavy atom. The Balaban J connectivity index is 1.66. The highest BCUT2D eigenvalue weighted by Gasteiger charge is 2.14. The van der Waals surface area contributed by atoms with Crippen LogP contribution in [0.15, 0.2) is 73.1 Å². The number of rotatable bonds is 9. The van der Waals surface area contributed by atoms with Crippen molar-refractivity contribution in [3.05, 3.63) is 84.2 Å². The molecule has 6 heteroatoms. The number of anilines is 1. The van der Waals surface area contributed by atoms with Crippen molar-refractivity contribution in [1.29, 1.82) is 0 Å². The average molecular weight is 431 g/mol. The maximum atomic E-state index is 12.4. The van der Waals surface area contributed by atoms with Gasteiger partial charge in [-0.25, -0.2) is 0 Å². The molecule has 1 heterocycles. The number of carbonyl (C=O) groups excluding carboxylic acids is 2. The summed E-state index contributed by atoms with van der Waals surface area (Å²) >= 11 is 0. The second kappa shape index (κ2) is 11.2. The van der Waals surface area contributed by atoms with Crippen LogP contribution in [-0.2, 0) is 11.3 Å². The number of carbonyl (C=O) groups is 2. The van der Waals surface area contributed by atoms with E-state index in [0.29, 0.717) is 25.1 Å². The lowest BCUT2D eigenvalue weighted by atomic mass is 10.0. The molecule has 0 radical (unpaired) electrons. The van der Waals surface area contributed by atoms with Crippen LogP contribution in [0.2, 0.25) is 0 Å². The van der Waals surface area contributed by atoms with Crippen molar-refractivity contribution < 1.29 is 9.59 Å². The van der Waals surface area contributed by atoms with Crippen LogP contribution in [0.4, 0.5) is 5.69 Å². The van der Waals surface area contributed by atoms with Gasteiger partial charge in [0, 0.05) is 49.7 Å². The first-order chi connectivity index (χ1) is 15.5. The Kier molecular flexibility index (Phi) is 8.11. The van der Waals surface area contributed by atoms with E-state index >= 15 is 0 Å². The molecule has 2 amide bonds. The molecule has 3 aromatic rings. The van der Waals surface area contributed by atoms with Gasteiger partial charge in [-0.2, -0.15) is 0 Å². The number of hydrogen-bond acceptors (Lipinski definition) is 4. The molecule has 2 aromatic carbocycles. The number of nitrogens with zero attached hydrogens (tertiary/aromatic N) is 3. The lowest BCUT2D eigenvalue weighted by Crippen LogP contribution is -2.36. The van der Waals surface area contributed by atoms with E-state index in [9.17, 15) is 9.59 Å². The van der Waals surface area contributed by atoms with E-state index in [1.165, 1.54) is 0 Å². The maximum absolute atomic E-state index is 12.4. The third-order valence-electron chi connectivity index (χ3n) is 5.21. The van der Waals surface area contributed by atoms with Crippen LogP contribution >= 0.6 is 0 Å².